The minimum atomic E-state index is -0.204. The Morgan fingerprint density at radius 2 is 1.52 bits per heavy atom. The van der Waals surface area contributed by atoms with Crippen LogP contribution in [0.5, 0.6) is 0 Å². The Kier molecular flexibility index (Phi) is 2.61. The van der Waals surface area contributed by atoms with Gasteiger partial charge >= 0.3 is 0 Å². The Morgan fingerprint density at radius 1 is 0.810 bits per heavy atom. The van der Waals surface area contributed by atoms with Crippen molar-refractivity contribution in [1.29, 1.82) is 0 Å². The molecule has 0 unspecified atom stereocenters. The van der Waals surface area contributed by atoms with Crippen LogP contribution >= 0.6 is 0 Å². The summed E-state index contributed by atoms with van der Waals surface area (Å²) in [5.74, 6) is 0. The fourth-order valence-corrected chi connectivity index (χ4v) is 2.83. The zero-order chi connectivity index (χ0) is 14.2. The van der Waals surface area contributed by atoms with Crippen LogP contribution in [0.1, 0.15) is 0 Å². The Balaban J connectivity index is 2.19. The SMILES string of the molecule is O=c1[c]ccc(-c2cc3ccccc3c3ccccc23)[nH]1. The number of H-pyrrole nitrogens is 1. The topological polar surface area (TPSA) is 32.9 Å². The summed E-state index contributed by atoms with van der Waals surface area (Å²) >= 11 is 0. The first-order chi connectivity index (χ1) is 10.3. The number of hydrogen-bond donors (Lipinski definition) is 1. The molecule has 0 fully saturated rings. The molecule has 0 saturated heterocycles. The lowest BCUT2D eigenvalue weighted by molar-refractivity contribution is 1.24. The molecule has 1 N–H and O–H groups in total. The van der Waals surface area contributed by atoms with Crippen molar-refractivity contribution in [3.8, 4) is 11.3 Å². The van der Waals surface area contributed by atoms with Crippen LogP contribution in [0, 0.1) is 6.07 Å². The van der Waals surface area contributed by atoms with Gasteiger partial charge in [-0.15, -0.1) is 0 Å². The number of aromatic amines is 1. The van der Waals surface area contributed by atoms with Crippen molar-refractivity contribution in [3.63, 3.8) is 0 Å². The van der Waals surface area contributed by atoms with Crippen LogP contribution in [0.15, 0.2) is 71.5 Å². The van der Waals surface area contributed by atoms with Crippen molar-refractivity contribution < 1.29 is 0 Å². The quantitative estimate of drug-likeness (QED) is 0.518. The van der Waals surface area contributed by atoms with E-state index < -0.39 is 0 Å². The van der Waals surface area contributed by atoms with Crippen LogP contribution in [-0.4, -0.2) is 4.98 Å². The van der Waals surface area contributed by atoms with E-state index in [0.717, 1.165) is 16.6 Å². The first-order valence-corrected chi connectivity index (χ1v) is 6.85. The van der Waals surface area contributed by atoms with E-state index in [0.29, 0.717) is 0 Å². The molecule has 2 nitrogen and oxygen atoms in total. The molecule has 2 heteroatoms. The highest BCUT2D eigenvalue weighted by Crippen LogP contribution is 2.33. The molecule has 1 radical (unpaired) electrons. The number of benzene rings is 3. The van der Waals surface area contributed by atoms with Gasteiger partial charge < -0.3 is 4.98 Å². The fourth-order valence-electron chi connectivity index (χ4n) is 2.83. The number of hydrogen-bond acceptors (Lipinski definition) is 1. The van der Waals surface area contributed by atoms with Gasteiger partial charge in [-0.3, -0.25) is 4.79 Å². The summed E-state index contributed by atoms with van der Waals surface area (Å²) in [5, 5.41) is 4.72. The molecule has 0 spiro atoms. The normalized spacial score (nSPS) is 11.0. The number of pyridine rings is 1. The molecule has 3 aromatic carbocycles. The van der Waals surface area contributed by atoms with E-state index in [1.54, 1.807) is 6.07 Å². The highest BCUT2D eigenvalue weighted by atomic mass is 16.1. The standard InChI is InChI=1S/C19H12NO/c21-19-11-5-10-18(20-19)17-12-13-6-1-2-7-14(13)15-8-3-4-9-16(15)17/h1-10,12H,(H,20,21). The van der Waals surface area contributed by atoms with Gasteiger partial charge in [-0.25, -0.2) is 0 Å². The van der Waals surface area contributed by atoms with Gasteiger partial charge in [-0.05, 0) is 39.7 Å². The molecule has 0 bridgehead atoms. The average Bonchev–Trinajstić information content (AvgIpc) is 2.54. The molecule has 0 aliphatic carbocycles. The second-order valence-corrected chi connectivity index (χ2v) is 5.04. The molecule has 0 atom stereocenters. The third-order valence-corrected chi connectivity index (χ3v) is 3.77. The molecule has 1 aromatic heterocycles. The van der Waals surface area contributed by atoms with Crippen molar-refractivity contribution in [2.24, 2.45) is 0 Å². The maximum Gasteiger partial charge on any atom is 0.256 e. The summed E-state index contributed by atoms with van der Waals surface area (Å²) in [6, 6.07) is 24.9. The molecule has 99 valence electrons. The number of aromatic nitrogens is 1. The van der Waals surface area contributed by atoms with Crippen LogP contribution in [0.4, 0.5) is 0 Å². The van der Waals surface area contributed by atoms with Crippen LogP contribution in [-0.2, 0) is 0 Å². The van der Waals surface area contributed by atoms with Crippen LogP contribution in [0.25, 0.3) is 32.8 Å². The summed E-state index contributed by atoms with van der Waals surface area (Å²) < 4.78 is 0. The molecule has 0 aliphatic rings. The van der Waals surface area contributed by atoms with E-state index in [1.807, 2.05) is 30.3 Å². The Morgan fingerprint density at radius 3 is 2.33 bits per heavy atom. The Hall–Kier alpha value is -2.87. The molecule has 0 amide bonds. The van der Waals surface area contributed by atoms with Crippen molar-refractivity contribution >= 4 is 21.5 Å². The van der Waals surface area contributed by atoms with Gasteiger partial charge in [-0.2, -0.15) is 0 Å². The maximum atomic E-state index is 11.6. The minimum absolute atomic E-state index is 0.204. The Labute approximate surface area is 121 Å². The molecule has 0 saturated carbocycles. The van der Waals surface area contributed by atoms with Crippen LogP contribution in [0.3, 0.4) is 0 Å². The molecular formula is C19H12NO. The molecule has 4 aromatic rings. The number of nitrogens with one attached hydrogen (secondary N) is 1. The summed E-state index contributed by atoms with van der Waals surface area (Å²) in [5.41, 5.74) is 1.65. The lowest BCUT2D eigenvalue weighted by Gasteiger charge is -2.10. The predicted molar refractivity (Wildman–Crippen MR) is 86.3 cm³/mol. The van der Waals surface area contributed by atoms with E-state index in [1.165, 1.54) is 16.2 Å². The second-order valence-electron chi connectivity index (χ2n) is 5.04. The lowest BCUT2D eigenvalue weighted by Crippen LogP contribution is -2.04. The van der Waals surface area contributed by atoms with Crippen LogP contribution < -0.4 is 5.56 Å². The van der Waals surface area contributed by atoms with Gasteiger partial charge in [0.2, 0.25) is 0 Å². The van der Waals surface area contributed by atoms with E-state index in [4.69, 9.17) is 0 Å². The molecule has 1 heterocycles. The van der Waals surface area contributed by atoms with Gasteiger partial charge in [0.05, 0.1) is 6.07 Å². The third-order valence-electron chi connectivity index (χ3n) is 3.77. The monoisotopic (exact) mass is 270 g/mol. The lowest BCUT2D eigenvalue weighted by atomic mass is 9.95. The van der Waals surface area contributed by atoms with Crippen molar-refractivity contribution in [2.75, 3.05) is 0 Å². The number of fused-ring (bicyclic) bond motifs is 3. The Bertz CT molecular complexity index is 1010. The highest BCUT2D eigenvalue weighted by molar-refractivity contribution is 6.13. The van der Waals surface area contributed by atoms with Crippen molar-refractivity contribution in [3.05, 3.63) is 83.2 Å². The maximum absolute atomic E-state index is 11.6. The predicted octanol–water partition coefficient (Wildman–Crippen LogP) is 4.15. The zero-order valence-electron chi connectivity index (χ0n) is 11.3. The van der Waals surface area contributed by atoms with E-state index in [-0.39, 0.29) is 5.56 Å². The summed E-state index contributed by atoms with van der Waals surface area (Å²) in [6.45, 7) is 0. The first-order valence-electron chi connectivity index (χ1n) is 6.85. The number of rotatable bonds is 1. The highest BCUT2D eigenvalue weighted by Gasteiger charge is 2.08. The van der Waals surface area contributed by atoms with Gasteiger partial charge in [-0.1, -0.05) is 48.5 Å². The van der Waals surface area contributed by atoms with E-state index in [9.17, 15) is 4.79 Å². The summed E-state index contributed by atoms with van der Waals surface area (Å²) in [7, 11) is 0. The smallest absolute Gasteiger partial charge is 0.256 e. The minimum Gasteiger partial charge on any atom is -0.321 e. The first kappa shape index (κ1) is 11.9. The van der Waals surface area contributed by atoms with Crippen molar-refractivity contribution in [1.82, 2.24) is 4.98 Å². The summed E-state index contributed by atoms with van der Waals surface area (Å²) in [6.07, 6.45) is 0. The second kappa shape index (κ2) is 4.60. The van der Waals surface area contributed by atoms with Gasteiger partial charge in [0.25, 0.3) is 5.56 Å². The van der Waals surface area contributed by atoms with Crippen LogP contribution in [0.2, 0.25) is 0 Å². The largest absolute Gasteiger partial charge is 0.321 e. The molecule has 0 aliphatic heterocycles. The van der Waals surface area contributed by atoms with E-state index >= 15 is 0 Å². The average molecular weight is 270 g/mol. The third kappa shape index (κ3) is 1.93. The molecular weight excluding hydrogens is 258 g/mol. The van der Waals surface area contributed by atoms with Crippen molar-refractivity contribution in [2.45, 2.75) is 0 Å². The van der Waals surface area contributed by atoms with Gasteiger partial charge in [0, 0.05) is 11.3 Å². The summed E-state index contributed by atoms with van der Waals surface area (Å²) in [4.78, 5) is 14.4. The zero-order valence-corrected chi connectivity index (χ0v) is 11.3. The fraction of sp³-hybridized carbons (Fsp3) is 0. The van der Waals surface area contributed by atoms with Gasteiger partial charge in [0.1, 0.15) is 0 Å². The molecule has 21 heavy (non-hydrogen) atoms. The van der Waals surface area contributed by atoms with E-state index in [2.05, 4.69) is 41.4 Å². The molecule has 4 rings (SSSR count). The van der Waals surface area contributed by atoms with Gasteiger partial charge in [0.15, 0.2) is 0 Å².